The number of morpholine rings is 1. The van der Waals surface area contributed by atoms with Gasteiger partial charge in [0.15, 0.2) is 0 Å². The summed E-state index contributed by atoms with van der Waals surface area (Å²) in [6.07, 6.45) is 0.122. The number of amides is 1. The molecule has 0 aromatic carbocycles. The van der Waals surface area contributed by atoms with Gasteiger partial charge < -0.3 is 20.5 Å². The van der Waals surface area contributed by atoms with Gasteiger partial charge in [-0.25, -0.2) is 0 Å². The second-order valence-electron chi connectivity index (χ2n) is 4.00. The van der Waals surface area contributed by atoms with Gasteiger partial charge in [0.1, 0.15) is 0 Å². The van der Waals surface area contributed by atoms with Crippen molar-refractivity contribution in [2.75, 3.05) is 19.7 Å². The minimum Gasteiger partial charge on any atom is -0.481 e. The number of hydrogen-bond acceptors (Lipinski definition) is 4. The van der Waals surface area contributed by atoms with E-state index in [4.69, 9.17) is 15.6 Å². The van der Waals surface area contributed by atoms with Crippen LogP contribution in [0.3, 0.4) is 0 Å². The lowest BCUT2D eigenvalue weighted by atomic mass is 10.1. The van der Waals surface area contributed by atoms with Gasteiger partial charge in [-0.05, 0) is 13.3 Å². The van der Waals surface area contributed by atoms with Crippen LogP contribution in [0.5, 0.6) is 0 Å². The highest BCUT2D eigenvalue weighted by Crippen LogP contribution is 2.07. The topological polar surface area (TPSA) is 92.9 Å². The van der Waals surface area contributed by atoms with Crippen LogP contribution in [0.1, 0.15) is 19.8 Å². The minimum atomic E-state index is -0.932. The van der Waals surface area contributed by atoms with Crippen LogP contribution >= 0.6 is 0 Å². The third-order valence-corrected chi connectivity index (χ3v) is 2.54. The number of aliphatic carboxylic acids is 1. The molecule has 0 aromatic heterocycles. The molecule has 1 rings (SSSR count). The van der Waals surface area contributed by atoms with E-state index in [0.717, 1.165) is 0 Å². The van der Waals surface area contributed by atoms with Gasteiger partial charge in [-0.15, -0.1) is 0 Å². The highest BCUT2D eigenvalue weighted by molar-refractivity contribution is 5.82. The molecule has 0 aliphatic carbocycles. The normalized spacial score (nSPS) is 22.9. The Kier molecular flexibility index (Phi) is 4.70. The Morgan fingerprint density at radius 1 is 1.62 bits per heavy atom. The van der Waals surface area contributed by atoms with E-state index in [9.17, 15) is 9.59 Å². The van der Waals surface area contributed by atoms with Gasteiger partial charge in [0.25, 0.3) is 0 Å². The molecular weight excluding hydrogens is 212 g/mol. The zero-order chi connectivity index (χ0) is 12.1. The molecule has 1 heterocycles. The number of rotatable bonds is 4. The summed E-state index contributed by atoms with van der Waals surface area (Å²) in [5.74, 6) is -1.12. The first-order valence-electron chi connectivity index (χ1n) is 5.38. The van der Waals surface area contributed by atoms with Crippen molar-refractivity contribution < 1.29 is 19.4 Å². The van der Waals surface area contributed by atoms with E-state index in [2.05, 4.69) is 0 Å². The maximum atomic E-state index is 11.8. The first-order chi connectivity index (χ1) is 7.50. The lowest BCUT2D eigenvalue weighted by molar-refractivity contribution is -0.140. The first-order valence-corrected chi connectivity index (χ1v) is 5.38. The Morgan fingerprint density at radius 2 is 2.31 bits per heavy atom. The second kappa shape index (κ2) is 5.81. The molecule has 0 aromatic rings. The summed E-state index contributed by atoms with van der Waals surface area (Å²) in [4.78, 5) is 23.8. The molecule has 3 N–H and O–H groups in total. The SMILES string of the molecule is CC1CN(C(=O)C(N)CCC(=O)O)CCO1. The van der Waals surface area contributed by atoms with Crippen LogP contribution in [-0.4, -0.2) is 53.7 Å². The smallest absolute Gasteiger partial charge is 0.303 e. The van der Waals surface area contributed by atoms with Crippen LogP contribution in [-0.2, 0) is 14.3 Å². The zero-order valence-electron chi connectivity index (χ0n) is 9.39. The summed E-state index contributed by atoms with van der Waals surface area (Å²) in [6, 6.07) is -0.721. The van der Waals surface area contributed by atoms with Gasteiger partial charge in [-0.2, -0.15) is 0 Å². The fourth-order valence-corrected chi connectivity index (χ4v) is 1.66. The van der Waals surface area contributed by atoms with Gasteiger partial charge in [0.2, 0.25) is 5.91 Å². The Labute approximate surface area is 94.3 Å². The molecule has 16 heavy (non-hydrogen) atoms. The van der Waals surface area contributed by atoms with Crippen molar-refractivity contribution in [3.8, 4) is 0 Å². The number of carbonyl (C=O) groups excluding carboxylic acids is 1. The van der Waals surface area contributed by atoms with Gasteiger partial charge >= 0.3 is 5.97 Å². The largest absolute Gasteiger partial charge is 0.481 e. The van der Waals surface area contributed by atoms with Gasteiger partial charge in [-0.3, -0.25) is 9.59 Å². The van der Waals surface area contributed by atoms with Crippen LogP contribution < -0.4 is 5.73 Å². The van der Waals surface area contributed by atoms with Crippen molar-refractivity contribution in [2.45, 2.75) is 31.9 Å². The molecule has 1 saturated heterocycles. The van der Waals surface area contributed by atoms with Crippen molar-refractivity contribution in [1.82, 2.24) is 4.90 Å². The third kappa shape index (κ3) is 3.79. The fraction of sp³-hybridized carbons (Fsp3) is 0.800. The lowest BCUT2D eigenvalue weighted by Crippen LogP contribution is -2.50. The average Bonchev–Trinajstić information content (AvgIpc) is 2.24. The van der Waals surface area contributed by atoms with Crippen LogP contribution in [0.15, 0.2) is 0 Å². The van der Waals surface area contributed by atoms with E-state index in [1.165, 1.54) is 0 Å². The van der Waals surface area contributed by atoms with Gasteiger partial charge in [-0.1, -0.05) is 0 Å². The molecule has 1 fully saturated rings. The number of carbonyl (C=O) groups is 2. The van der Waals surface area contributed by atoms with E-state index in [1.54, 1.807) is 4.90 Å². The number of ether oxygens (including phenoxy) is 1. The maximum Gasteiger partial charge on any atom is 0.303 e. The van der Waals surface area contributed by atoms with E-state index in [-0.39, 0.29) is 24.9 Å². The average molecular weight is 230 g/mol. The Bertz CT molecular complexity index is 270. The Hall–Kier alpha value is -1.14. The van der Waals surface area contributed by atoms with Crippen LogP contribution in [0.2, 0.25) is 0 Å². The Balaban J connectivity index is 2.40. The zero-order valence-corrected chi connectivity index (χ0v) is 9.39. The predicted octanol–water partition coefficient (Wildman–Crippen LogP) is -0.574. The molecule has 0 radical (unpaired) electrons. The van der Waals surface area contributed by atoms with Gasteiger partial charge in [0, 0.05) is 19.5 Å². The minimum absolute atomic E-state index is 0.0179. The summed E-state index contributed by atoms with van der Waals surface area (Å²) in [5.41, 5.74) is 5.65. The van der Waals surface area contributed by atoms with Crippen molar-refractivity contribution in [3.63, 3.8) is 0 Å². The maximum absolute atomic E-state index is 11.8. The standard InChI is InChI=1S/C10H18N2O4/c1-7-6-12(4-5-16-7)10(15)8(11)2-3-9(13)14/h7-8H,2-6,11H2,1H3,(H,13,14). The van der Waals surface area contributed by atoms with E-state index in [0.29, 0.717) is 19.7 Å². The summed E-state index contributed by atoms with van der Waals surface area (Å²) in [7, 11) is 0. The molecule has 92 valence electrons. The molecule has 2 atom stereocenters. The van der Waals surface area contributed by atoms with Crippen molar-refractivity contribution in [1.29, 1.82) is 0 Å². The molecule has 6 nitrogen and oxygen atoms in total. The molecule has 0 saturated carbocycles. The molecular formula is C10H18N2O4. The molecule has 0 spiro atoms. The lowest BCUT2D eigenvalue weighted by Gasteiger charge is -2.32. The van der Waals surface area contributed by atoms with Crippen molar-refractivity contribution >= 4 is 11.9 Å². The van der Waals surface area contributed by atoms with Crippen LogP contribution in [0.4, 0.5) is 0 Å². The van der Waals surface area contributed by atoms with E-state index < -0.39 is 12.0 Å². The molecule has 2 unspecified atom stereocenters. The number of nitrogens with zero attached hydrogens (tertiary/aromatic N) is 1. The summed E-state index contributed by atoms with van der Waals surface area (Å²) in [6.45, 7) is 3.46. The second-order valence-corrected chi connectivity index (χ2v) is 4.00. The van der Waals surface area contributed by atoms with Crippen LogP contribution in [0.25, 0.3) is 0 Å². The molecule has 1 amide bonds. The number of carboxylic acids is 1. The van der Waals surface area contributed by atoms with Crippen LogP contribution in [0, 0.1) is 0 Å². The molecule has 1 aliphatic heterocycles. The van der Waals surface area contributed by atoms with Gasteiger partial charge in [0.05, 0.1) is 18.8 Å². The number of nitrogens with two attached hydrogens (primary N) is 1. The summed E-state index contributed by atoms with van der Waals surface area (Å²) < 4.78 is 5.31. The molecule has 6 heteroatoms. The quantitative estimate of drug-likeness (QED) is 0.674. The van der Waals surface area contributed by atoms with Crippen molar-refractivity contribution in [2.24, 2.45) is 5.73 Å². The Morgan fingerprint density at radius 3 is 2.88 bits per heavy atom. The number of carboxylic acid groups (broad SMARTS) is 1. The van der Waals surface area contributed by atoms with E-state index >= 15 is 0 Å². The predicted molar refractivity (Wildman–Crippen MR) is 56.8 cm³/mol. The monoisotopic (exact) mass is 230 g/mol. The molecule has 1 aliphatic rings. The molecule has 0 bridgehead atoms. The summed E-state index contributed by atoms with van der Waals surface area (Å²) in [5, 5.41) is 8.50. The number of hydrogen-bond donors (Lipinski definition) is 2. The van der Waals surface area contributed by atoms with E-state index in [1.807, 2.05) is 6.92 Å². The highest BCUT2D eigenvalue weighted by Gasteiger charge is 2.25. The van der Waals surface area contributed by atoms with Crippen molar-refractivity contribution in [3.05, 3.63) is 0 Å². The summed E-state index contributed by atoms with van der Waals surface area (Å²) >= 11 is 0. The highest BCUT2D eigenvalue weighted by atomic mass is 16.5. The fourth-order valence-electron chi connectivity index (χ4n) is 1.66. The first kappa shape index (κ1) is 12.9. The third-order valence-electron chi connectivity index (χ3n) is 2.54.